The van der Waals surface area contributed by atoms with Crippen molar-refractivity contribution in [2.75, 3.05) is 6.54 Å². The Morgan fingerprint density at radius 1 is 0.900 bits per heavy atom. The number of aryl methyl sites for hydroxylation is 2. The Kier molecular flexibility index (Phi) is 6.10. The molecule has 0 aliphatic rings. The van der Waals surface area contributed by atoms with Crippen molar-refractivity contribution in [2.24, 2.45) is 7.05 Å². The van der Waals surface area contributed by atoms with Gasteiger partial charge >= 0.3 is 0 Å². The molecule has 2 aromatic carbocycles. The van der Waals surface area contributed by atoms with Crippen molar-refractivity contribution >= 4 is 0 Å². The Balaban J connectivity index is 1.48. The zero-order chi connectivity index (χ0) is 20.9. The molecule has 0 saturated heterocycles. The lowest BCUT2D eigenvalue weighted by molar-refractivity contribution is 0.673. The van der Waals surface area contributed by atoms with Gasteiger partial charge in [0.2, 0.25) is 0 Å². The quantitative estimate of drug-likeness (QED) is 0.450. The van der Waals surface area contributed by atoms with Crippen molar-refractivity contribution in [3.63, 3.8) is 0 Å². The summed E-state index contributed by atoms with van der Waals surface area (Å²) in [6, 6.07) is 20.9. The second kappa shape index (κ2) is 9.09. The van der Waals surface area contributed by atoms with Gasteiger partial charge in [-0.15, -0.1) is 0 Å². The third-order valence-electron chi connectivity index (χ3n) is 5.60. The molecule has 0 amide bonds. The second-order valence-corrected chi connectivity index (χ2v) is 7.75. The van der Waals surface area contributed by atoms with Crippen molar-refractivity contribution in [2.45, 2.75) is 33.4 Å². The van der Waals surface area contributed by atoms with Crippen LogP contribution in [0.25, 0.3) is 11.3 Å². The summed E-state index contributed by atoms with van der Waals surface area (Å²) in [6.07, 6.45) is 3.15. The van der Waals surface area contributed by atoms with Crippen LogP contribution in [0.2, 0.25) is 0 Å². The molecule has 154 valence electrons. The minimum atomic E-state index is 0.773. The van der Waals surface area contributed by atoms with E-state index in [0.717, 1.165) is 43.0 Å². The van der Waals surface area contributed by atoms with E-state index < -0.39 is 0 Å². The molecule has 0 aliphatic carbocycles. The molecule has 2 heterocycles. The van der Waals surface area contributed by atoms with Gasteiger partial charge in [-0.3, -0.25) is 9.36 Å². The first-order valence-corrected chi connectivity index (χ1v) is 10.5. The summed E-state index contributed by atoms with van der Waals surface area (Å²) in [7, 11) is 2.01. The smallest absolute Gasteiger partial charge is 0.0968 e. The SMILES string of the molecule is Cc1nn(C)c(C)c1CCNCc1cn(Cc2ccccc2)nc1-c1ccccc1. The highest BCUT2D eigenvalue weighted by Gasteiger charge is 2.12. The highest BCUT2D eigenvalue weighted by atomic mass is 15.3. The van der Waals surface area contributed by atoms with Gasteiger partial charge in [-0.2, -0.15) is 10.2 Å². The first-order valence-electron chi connectivity index (χ1n) is 10.5. The van der Waals surface area contributed by atoms with E-state index in [1.54, 1.807) is 0 Å². The van der Waals surface area contributed by atoms with E-state index >= 15 is 0 Å². The topological polar surface area (TPSA) is 47.7 Å². The van der Waals surface area contributed by atoms with Crippen LogP contribution < -0.4 is 5.32 Å². The Labute approximate surface area is 178 Å². The van der Waals surface area contributed by atoms with Crippen molar-refractivity contribution in [1.29, 1.82) is 0 Å². The van der Waals surface area contributed by atoms with Crippen molar-refractivity contribution in [3.8, 4) is 11.3 Å². The first kappa shape index (κ1) is 20.1. The second-order valence-electron chi connectivity index (χ2n) is 7.75. The standard InChI is InChI=1S/C25H29N5/c1-19-24(20(2)29(3)27-19)14-15-26-16-23-18-30(17-21-10-6-4-7-11-21)28-25(23)22-12-8-5-9-13-22/h4-13,18,26H,14-17H2,1-3H3. The number of rotatable bonds is 8. The van der Waals surface area contributed by atoms with Gasteiger partial charge in [-0.1, -0.05) is 60.7 Å². The lowest BCUT2D eigenvalue weighted by Gasteiger charge is -2.06. The van der Waals surface area contributed by atoms with Gasteiger partial charge in [0.05, 0.1) is 17.9 Å². The Morgan fingerprint density at radius 3 is 2.27 bits per heavy atom. The van der Waals surface area contributed by atoms with Crippen LogP contribution in [0.5, 0.6) is 0 Å². The fraction of sp³-hybridized carbons (Fsp3) is 0.280. The number of hydrogen-bond acceptors (Lipinski definition) is 3. The lowest BCUT2D eigenvalue weighted by Crippen LogP contribution is -2.17. The molecule has 4 rings (SSSR count). The number of aromatic nitrogens is 4. The van der Waals surface area contributed by atoms with Crippen LogP contribution in [0, 0.1) is 13.8 Å². The van der Waals surface area contributed by atoms with E-state index in [4.69, 9.17) is 5.10 Å². The number of hydrogen-bond donors (Lipinski definition) is 1. The van der Waals surface area contributed by atoms with Crippen LogP contribution in [-0.4, -0.2) is 26.1 Å². The van der Waals surface area contributed by atoms with Crippen LogP contribution in [0.3, 0.4) is 0 Å². The molecule has 1 N–H and O–H groups in total. The average molecular weight is 400 g/mol. The molecule has 4 aromatic rings. The first-order chi connectivity index (χ1) is 14.6. The molecular formula is C25H29N5. The minimum absolute atomic E-state index is 0.773. The van der Waals surface area contributed by atoms with Gasteiger partial charge in [0.15, 0.2) is 0 Å². The molecular weight excluding hydrogens is 370 g/mol. The third kappa shape index (κ3) is 4.52. The van der Waals surface area contributed by atoms with Gasteiger partial charge in [0.1, 0.15) is 0 Å². The van der Waals surface area contributed by atoms with E-state index in [2.05, 4.69) is 79.0 Å². The molecule has 0 fully saturated rings. The average Bonchev–Trinajstić information content (AvgIpc) is 3.27. The highest BCUT2D eigenvalue weighted by molar-refractivity contribution is 5.62. The molecule has 30 heavy (non-hydrogen) atoms. The van der Waals surface area contributed by atoms with Crippen LogP contribution >= 0.6 is 0 Å². The minimum Gasteiger partial charge on any atom is -0.312 e. The lowest BCUT2D eigenvalue weighted by atomic mass is 10.1. The number of benzene rings is 2. The fourth-order valence-electron chi connectivity index (χ4n) is 3.90. The van der Waals surface area contributed by atoms with E-state index in [1.807, 2.05) is 28.5 Å². The zero-order valence-electron chi connectivity index (χ0n) is 18.0. The molecule has 5 nitrogen and oxygen atoms in total. The Morgan fingerprint density at radius 2 is 1.60 bits per heavy atom. The normalized spacial score (nSPS) is 11.2. The highest BCUT2D eigenvalue weighted by Crippen LogP contribution is 2.22. The largest absolute Gasteiger partial charge is 0.312 e. The van der Waals surface area contributed by atoms with E-state index in [-0.39, 0.29) is 0 Å². The van der Waals surface area contributed by atoms with E-state index in [9.17, 15) is 0 Å². The van der Waals surface area contributed by atoms with Gasteiger partial charge in [-0.05, 0) is 37.9 Å². The molecule has 0 spiro atoms. The summed E-state index contributed by atoms with van der Waals surface area (Å²) in [5.41, 5.74) is 8.38. The maximum Gasteiger partial charge on any atom is 0.0968 e. The molecule has 0 saturated carbocycles. The van der Waals surface area contributed by atoms with Gasteiger partial charge in [0.25, 0.3) is 0 Å². The summed E-state index contributed by atoms with van der Waals surface area (Å²) in [6.45, 7) is 6.69. The molecule has 0 bridgehead atoms. The molecule has 0 radical (unpaired) electrons. The third-order valence-corrected chi connectivity index (χ3v) is 5.60. The van der Waals surface area contributed by atoms with Gasteiger partial charge in [-0.25, -0.2) is 0 Å². The number of nitrogens with one attached hydrogen (secondary N) is 1. The summed E-state index contributed by atoms with van der Waals surface area (Å²) in [5.74, 6) is 0. The monoisotopic (exact) mass is 399 g/mol. The molecule has 0 aliphatic heterocycles. The van der Waals surface area contributed by atoms with Crippen molar-refractivity contribution < 1.29 is 0 Å². The summed E-state index contributed by atoms with van der Waals surface area (Å²) in [4.78, 5) is 0. The molecule has 2 aromatic heterocycles. The Hall–Kier alpha value is -3.18. The van der Waals surface area contributed by atoms with E-state index in [0.29, 0.717) is 0 Å². The maximum atomic E-state index is 4.91. The van der Waals surface area contributed by atoms with Crippen LogP contribution in [0.4, 0.5) is 0 Å². The van der Waals surface area contributed by atoms with Crippen LogP contribution in [-0.2, 0) is 26.6 Å². The summed E-state index contributed by atoms with van der Waals surface area (Å²) < 4.78 is 4.01. The van der Waals surface area contributed by atoms with Gasteiger partial charge in [0, 0.05) is 36.6 Å². The van der Waals surface area contributed by atoms with E-state index in [1.165, 1.54) is 22.4 Å². The van der Waals surface area contributed by atoms with Crippen LogP contribution in [0.1, 0.15) is 28.1 Å². The maximum absolute atomic E-state index is 4.91. The molecule has 5 heteroatoms. The molecule has 0 unspecified atom stereocenters. The predicted molar refractivity (Wildman–Crippen MR) is 121 cm³/mol. The van der Waals surface area contributed by atoms with Crippen molar-refractivity contribution in [1.82, 2.24) is 24.9 Å². The van der Waals surface area contributed by atoms with Gasteiger partial charge < -0.3 is 5.32 Å². The fourth-order valence-corrected chi connectivity index (χ4v) is 3.90. The van der Waals surface area contributed by atoms with Crippen molar-refractivity contribution in [3.05, 3.63) is 94.9 Å². The van der Waals surface area contributed by atoms with Crippen LogP contribution in [0.15, 0.2) is 66.9 Å². The number of nitrogens with zero attached hydrogens (tertiary/aromatic N) is 4. The Bertz CT molecular complexity index is 1090. The molecule has 0 atom stereocenters. The predicted octanol–water partition coefficient (Wildman–Crippen LogP) is 4.28. The zero-order valence-corrected chi connectivity index (χ0v) is 18.0. The summed E-state index contributed by atoms with van der Waals surface area (Å²) in [5, 5.41) is 13.0. The summed E-state index contributed by atoms with van der Waals surface area (Å²) >= 11 is 0.